The number of rotatable bonds is 4. The van der Waals surface area contributed by atoms with E-state index in [1.54, 1.807) is 20.0 Å². The number of hydrogen-bond donors (Lipinski definition) is 2. The van der Waals surface area contributed by atoms with E-state index in [2.05, 4.69) is 20.7 Å². The van der Waals surface area contributed by atoms with Gasteiger partial charge in [0.2, 0.25) is 15.9 Å². The van der Waals surface area contributed by atoms with E-state index in [4.69, 9.17) is 4.52 Å². The SMILES string of the molecule is Cc1noc(C)c1S(=O)(=O)N1CCC(C(=O)Nc2ccc3[nH]ncc3c2)CC1. The summed E-state index contributed by atoms with van der Waals surface area (Å²) in [6.07, 6.45) is 2.62. The normalized spacial score (nSPS) is 16.5. The molecule has 2 N–H and O–H groups in total. The Bertz CT molecular complexity index is 1110. The fourth-order valence-corrected chi connectivity index (χ4v) is 5.36. The Kier molecular flexibility index (Phi) is 4.68. The lowest BCUT2D eigenvalue weighted by atomic mass is 9.97. The van der Waals surface area contributed by atoms with Crippen molar-refractivity contribution in [1.29, 1.82) is 0 Å². The minimum atomic E-state index is -3.67. The van der Waals surface area contributed by atoms with Crippen LogP contribution >= 0.6 is 0 Å². The zero-order valence-corrected chi connectivity index (χ0v) is 16.4. The molecular weight excluding hydrogens is 382 g/mol. The molecule has 1 saturated heterocycles. The van der Waals surface area contributed by atoms with E-state index in [1.165, 1.54) is 4.31 Å². The van der Waals surface area contributed by atoms with Crippen LogP contribution in [0.5, 0.6) is 0 Å². The molecule has 1 amide bonds. The van der Waals surface area contributed by atoms with Crippen molar-refractivity contribution in [3.63, 3.8) is 0 Å². The molecule has 0 unspecified atom stereocenters. The first-order chi connectivity index (χ1) is 13.4. The van der Waals surface area contributed by atoms with Crippen molar-refractivity contribution in [3.05, 3.63) is 35.9 Å². The molecular formula is C18H21N5O4S. The van der Waals surface area contributed by atoms with Crippen molar-refractivity contribution < 1.29 is 17.7 Å². The van der Waals surface area contributed by atoms with E-state index in [-0.39, 0.29) is 35.6 Å². The maximum Gasteiger partial charge on any atom is 0.248 e. The molecule has 0 spiro atoms. The number of H-pyrrole nitrogens is 1. The number of amides is 1. The van der Waals surface area contributed by atoms with Crippen LogP contribution in [0, 0.1) is 19.8 Å². The van der Waals surface area contributed by atoms with Gasteiger partial charge in [0.05, 0.1) is 11.7 Å². The lowest BCUT2D eigenvalue weighted by molar-refractivity contribution is -0.120. The topological polar surface area (TPSA) is 121 Å². The van der Waals surface area contributed by atoms with Gasteiger partial charge >= 0.3 is 0 Å². The molecule has 1 aliphatic rings. The average molecular weight is 403 g/mol. The molecule has 10 heteroatoms. The molecule has 0 radical (unpaired) electrons. The Morgan fingerprint density at radius 3 is 2.71 bits per heavy atom. The standard InChI is InChI=1S/C18H21N5O4S/c1-11-17(12(2)27-22-11)28(25,26)23-7-5-13(6-8-23)18(24)20-15-3-4-16-14(9-15)10-19-21-16/h3-4,9-10,13H,5-8H2,1-2H3,(H,19,21)(H,20,24). The second-order valence-corrected chi connectivity index (χ2v) is 8.87. The van der Waals surface area contributed by atoms with E-state index in [1.807, 2.05) is 18.2 Å². The summed E-state index contributed by atoms with van der Waals surface area (Å²) < 4.78 is 32.1. The van der Waals surface area contributed by atoms with Crippen LogP contribution < -0.4 is 5.32 Å². The number of carbonyl (C=O) groups is 1. The maximum absolute atomic E-state index is 12.9. The third-order valence-electron chi connectivity index (χ3n) is 5.10. The number of nitrogens with zero attached hydrogens (tertiary/aromatic N) is 3. The highest BCUT2D eigenvalue weighted by atomic mass is 32.2. The first-order valence-corrected chi connectivity index (χ1v) is 10.5. The monoisotopic (exact) mass is 403 g/mol. The summed E-state index contributed by atoms with van der Waals surface area (Å²) in [6, 6.07) is 5.53. The van der Waals surface area contributed by atoms with Crippen molar-refractivity contribution in [2.24, 2.45) is 5.92 Å². The second-order valence-electron chi connectivity index (χ2n) is 6.99. The average Bonchev–Trinajstić information content (AvgIpc) is 3.27. The summed E-state index contributed by atoms with van der Waals surface area (Å²) in [6.45, 7) is 3.76. The van der Waals surface area contributed by atoms with Gasteiger partial charge in [0, 0.05) is 30.1 Å². The van der Waals surface area contributed by atoms with Crippen molar-refractivity contribution in [2.75, 3.05) is 18.4 Å². The van der Waals surface area contributed by atoms with Gasteiger partial charge in [-0.3, -0.25) is 9.89 Å². The molecule has 1 aliphatic heterocycles. The van der Waals surface area contributed by atoms with Gasteiger partial charge in [-0.25, -0.2) is 8.42 Å². The van der Waals surface area contributed by atoms with E-state index in [0.29, 0.717) is 24.2 Å². The lowest BCUT2D eigenvalue weighted by Crippen LogP contribution is -2.41. The van der Waals surface area contributed by atoms with Crippen LogP contribution in [0.3, 0.4) is 0 Å². The van der Waals surface area contributed by atoms with Crippen LogP contribution in [-0.4, -0.2) is 47.1 Å². The smallest absolute Gasteiger partial charge is 0.248 e. The zero-order chi connectivity index (χ0) is 19.9. The van der Waals surface area contributed by atoms with Crippen molar-refractivity contribution in [1.82, 2.24) is 19.7 Å². The van der Waals surface area contributed by atoms with Gasteiger partial charge in [-0.15, -0.1) is 0 Å². The van der Waals surface area contributed by atoms with Gasteiger partial charge in [0.1, 0.15) is 10.6 Å². The molecule has 0 atom stereocenters. The molecule has 4 rings (SSSR count). The number of anilines is 1. The van der Waals surface area contributed by atoms with Crippen LogP contribution in [0.2, 0.25) is 0 Å². The van der Waals surface area contributed by atoms with Crippen LogP contribution in [0.25, 0.3) is 10.9 Å². The molecule has 0 aliphatic carbocycles. The van der Waals surface area contributed by atoms with Crippen molar-refractivity contribution >= 4 is 32.5 Å². The number of piperidine rings is 1. The predicted molar refractivity (Wildman–Crippen MR) is 102 cm³/mol. The second kappa shape index (κ2) is 7.02. The number of fused-ring (bicyclic) bond motifs is 1. The number of benzene rings is 1. The number of nitrogens with one attached hydrogen (secondary N) is 2. The summed E-state index contributed by atoms with van der Waals surface area (Å²) in [5.41, 5.74) is 1.95. The molecule has 2 aromatic heterocycles. The Labute approximate surface area is 162 Å². The fraction of sp³-hybridized carbons (Fsp3) is 0.389. The zero-order valence-electron chi connectivity index (χ0n) is 15.6. The maximum atomic E-state index is 12.9. The number of hydrogen-bond acceptors (Lipinski definition) is 6. The third kappa shape index (κ3) is 3.29. The highest BCUT2D eigenvalue weighted by Gasteiger charge is 2.35. The number of aryl methyl sites for hydroxylation is 2. The van der Waals surface area contributed by atoms with Crippen molar-refractivity contribution in [3.8, 4) is 0 Å². The summed E-state index contributed by atoms with van der Waals surface area (Å²) in [7, 11) is -3.67. The Morgan fingerprint density at radius 1 is 1.29 bits per heavy atom. The van der Waals surface area contributed by atoms with Crippen LogP contribution in [0.15, 0.2) is 33.8 Å². The molecule has 1 fully saturated rings. The third-order valence-corrected chi connectivity index (χ3v) is 7.24. The van der Waals surface area contributed by atoms with Crippen LogP contribution in [0.4, 0.5) is 5.69 Å². The van der Waals surface area contributed by atoms with E-state index < -0.39 is 10.0 Å². The molecule has 3 heterocycles. The Hall–Kier alpha value is -2.72. The molecule has 28 heavy (non-hydrogen) atoms. The van der Waals surface area contributed by atoms with Gasteiger partial charge in [-0.05, 0) is 44.9 Å². The van der Waals surface area contributed by atoms with Gasteiger partial charge in [0.15, 0.2) is 5.76 Å². The van der Waals surface area contributed by atoms with E-state index in [9.17, 15) is 13.2 Å². The molecule has 148 valence electrons. The Morgan fingerprint density at radius 2 is 2.04 bits per heavy atom. The minimum Gasteiger partial charge on any atom is -0.360 e. The quantitative estimate of drug-likeness (QED) is 0.689. The first-order valence-electron chi connectivity index (χ1n) is 9.03. The highest BCUT2D eigenvalue weighted by Crippen LogP contribution is 2.28. The summed E-state index contributed by atoms with van der Waals surface area (Å²) in [5.74, 6) is -0.0552. The molecule has 1 aromatic carbocycles. The Balaban J connectivity index is 1.41. The summed E-state index contributed by atoms with van der Waals surface area (Å²) in [4.78, 5) is 12.7. The number of aromatic amines is 1. The summed E-state index contributed by atoms with van der Waals surface area (Å²) >= 11 is 0. The number of carbonyl (C=O) groups excluding carboxylic acids is 1. The van der Waals surface area contributed by atoms with Crippen molar-refractivity contribution in [2.45, 2.75) is 31.6 Å². The lowest BCUT2D eigenvalue weighted by Gasteiger charge is -2.30. The highest BCUT2D eigenvalue weighted by molar-refractivity contribution is 7.89. The van der Waals surface area contributed by atoms with Crippen LogP contribution in [0.1, 0.15) is 24.3 Å². The fourth-order valence-electron chi connectivity index (χ4n) is 3.60. The minimum absolute atomic E-state index is 0.0998. The van der Waals surface area contributed by atoms with Gasteiger partial charge in [0.25, 0.3) is 0 Å². The first kappa shape index (κ1) is 18.6. The molecule has 0 saturated carbocycles. The summed E-state index contributed by atoms with van der Waals surface area (Å²) in [5, 5.41) is 14.4. The number of sulfonamides is 1. The molecule has 9 nitrogen and oxygen atoms in total. The molecule has 3 aromatic rings. The van der Waals surface area contributed by atoms with Gasteiger partial charge in [-0.1, -0.05) is 5.16 Å². The predicted octanol–water partition coefficient (Wildman–Crippen LogP) is 2.21. The van der Waals surface area contributed by atoms with Gasteiger partial charge in [-0.2, -0.15) is 9.40 Å². The number of aromatic nitrogens is 3. The van der Waals surface area contributed by atoms with Crippen LogP contribution in [-0.2, 0) is 14.8 Å². The molecule has 0 bridgehead atoms. The van der Waals surface area contributed by atoms with E-state index in [0.717, 1.165) is 10.9 Å². The van der Waals surface area contributed by atoms with Gasteiger partial charge < -0.3 is 9.84 Å². The largest absolute Gasteiger partial charge is 0.360 e. The van der Waals surface area contributed by atoms with E-state index >= 15 is 0 Å².